The van der Waals surface area contributed by atoms with Crippen molar-refractivity contribution in [3.8, 4) is 0 Å². The molecule has 0 saturated carbocycles. The fourth-order valence-electron chi connectivity index (χ4n) is 4.27. The second-order valence-corrected chi connectivity index (χ2v) is 10.2. The van der Waals surface area contributed by atoms with E-state index >= 15 is 0 Å². The summed E-state index contributed by atoms with van der Waals surface area (Å²) in [6.07, 6.45) is 3.04. The number of likely N-dealkylation sites (tertiary alicyclic amines) is 1. The highest BCUT2D eigenvalue weighted by atomic mass is 16.4. The molecule has 0 spiro atoms. The Morgan fingerprint density at radius 1 is 1.00 bits per heavy atom. The zero-order chi connectivity index (χ0) is 33.7. The van der Waals surface area contributed by atoms with Gasteiger partial charge in [-0.3, -0.25) is 33.6 Å². The summed E-state index contributed by atoms with van der Waals surface area (Å²) in [5.41, 5.74) is 11.6. The number of imidazole rings is 1. The first-order valence-corrected chi connectivity index (χ1v) is 13.8. The molecule has 0 aliphatic carbocycles. The summed E-state index contributed by atoms with van der Waals surface area (Å²) < 4.78 is 0. The summed E-state index contributed by atoms with van der Waals surface area (Å²) in [5.74, 6) is -7.19. The molecule has 45 heavy (non-hydrogen) atoms. The molecule has 1 aromatic rings. The highest BCUT2D eigenvalue weighted by molar-refractivity contribution is 5.97. The van der Waals surface area contributed by atoms with E-state index < -0.39 is 104 Å². The van der Waals surface area contributed by atoms with Crippen molar-refractivity contribution in [2.45, 2.75) is 62.8 Å². The van der Waals surface area contributed by atoms with Crippen molar-refractivity contribution in [3.63, 3.8) is 0 Å². The molecule has 1 aliphatic rings. The fraction of sp³-hybridized carbons (Fsp3) is 0.560. The third-order valence-electron chi connectivity index (χ3n) is 6.63. The average molecular weight is 639 g/mol. The lowest BCUT2D eigenvalue weighted by molar-refractivity contribution is -0.149. The van der Waals surface area contributed by atoms with E-state index in [-0.39, 0.29) is 19.4 Å². The fourth-order valence-corrected chi connectivity index (χ4v) is 4.27. The molecule has 20 heteroatoms. The summed E-state index contributed by atoms with van der Waals surface area (Å²) in [7, 11) is 0. The van der Waals surface area contributed by atoms with E-state index in [1.54, 1.807) is 0 Å². The quantitative estimate of drug-likeness (QED) is 0.0762. The standard InChI is InChI=1S/C25H38N10O10/c1-12(21(40)34-15(6-18(27)37)24(43)35-4-2-3-17(35)25(44)45)32-23(42)16(10-36)33-20(39)9-29-19(38)8-30-22(41)14(26)5-13-7-28-11-31-13/h7,11-12,14-17,36H,2-6,8-10,26H2,1H3,(H2,27,37)(H,28,31)(H,29,38)(H,30,41)(H,32,42)(H,33,39)(H,34,40)(H,44,45)/t12-,14-,15-,16-,17-/m0/s1. The van der Waals surface area contributed by atoms with Crippen LogP contribution in [-0.4, -0.2) is 129 Å². The van der Waals surface area contributed by atoms with E-state index in [1.165, 1.54) is 19.4 Å². The summed E-state index contributed by atoms with van der Waals surface area (Å²) in [6.45, 7) is -0.688. The normalized spacial score (nSPS) is 16.8. The van der Waals surface area contributed by atoms with Crippen molar-refractivity contribution < 1.29 is 48.6 Å². The minimum absolute atomic E-state index is 0.0983. The first-order chi connectivity index (χ1) is 21.2. The molecule has 2 rings (SSSR count). The van der Waals surface area contributed by atoms with Gasteiger partial charge in [0.1, 0.15) is 24.2 Å². The van der Waals surface area contributed by atoms with Crippen molar-refractivity contribution in [2.75, 3.05) is 26.2 Å². The number of aromatic nitrogens is 2. The number of carboxylic acid groups (broad SMARTS) is 1. The van der Waals surface area contributed by atoms with Gasteiger partial charge in [-0.15, -0.1) is 0 Å². The topological polar surface area (TPSA) is 321 Å². The van der Waals surface area contributed by atoms with Gasteiger partial charge < -0.3 is 58.1 Å². The van der Waals surface area contributed by atoms with Gasteiger partial charge in [0.25, 0.3) is 0 Å². The summed E-state index contributed by atoms with van der Waals surface area (Å²) in [5, 5.41) is 30.2. The maximum atomic E-state index is 12.9. The van der Waals surface area contributed by atoms with E-state index in [1.807, 2.05) is 0 Å². The second kappa shape index (κ2) is 17.3. The molecule has 1 fully saturated rings. The maximum Gasteiger partial charge on any atom is 0.326 e. The van der Waals surface area contributed by atoms with Crippen molar-refractivity contribution in [1.82, 2.24) is 41.5 Å². The number of H-pyrrole nitrogens is 1. The Morgan fingerprint density at radius 2 is 1.69 bits per heavy atom. The van der Waals surface area contributed by atoms with Gasteiger partial charge in [0.15, 0.2) is 0 Å². The number of hydrogen-bond acceptors (Lipinski definition) is 11. The first-order valence-electron chi connectivity index (χ1n) is 13.8. The smallest absolute Gasteiger partial charge is 0.326 e. The van der Waals surface area contributed by atoms with Crippen LogP contribution in [0.25, 0.3) is 0 Å². The lowest BCUT2D eigenvalue weighted by Gasteiger charge is -2.28. The van der Waals surface area contributed by atoms with Crippen molar-refractivity contribution in [1.29, 1.82) is 0 Å². The van der Waals surface area contributed by atoms with Crippen LogP contribution in [-0.2, 0) is 44.8 Å². The molecule has 0 aromatic carbocycles. The molecular weight excluding hydrogens is 600 g/mol. The van der Waals surface area contributed by atoms with Gasteiger partial charge in [-0.2, -0.15) is 0 Å². The Morgan fingerprint density at radius 3 is 2.29 bits per heavy atom. The summed E-state index contributed by atoms with van der Waals surface area (Å²) >= 11 is 0. The van der Waals surface area contributed by atoms with Crippen molar-refractivity contribution in [3.05, 3.63) is 18.2 Å². The van der Waals surface area contributed by atoms with Crippen LogP contribution in [0, 0.1) is 0 Å². The number of aliphatic hydroxyl groups is 1. The molecule has 20 nitrogen and oxygen atoms in total. The summed E-state index contributed by atoms with van der Waals surface area (Å²) in [6, 6.07) is -6.48. The Hall–Kier alpha value is -5.11. The lowest BCUT2D eigenvalue weighted by Crippen LogP contribution is -2.58. The number of carboxylic acids is 1. The van der Waals surface area contributed by atoms with E-state index in [0.29, 0.717) is 12.1 Å². The molecule has 1 aliphatic heterocycles. The third kappa shape index (κ3) is 11.5. The number of nitrogens with two attached hydrogens (primary N) is 2. The van der Waals surface area contributed by atoms with E-state index in [2.05, 4.69) is 36.6 Å². The van der Waals surface area contributed by atoms with Gasteiger partial charge in [-0.1, -0.05) is 0 Å². The number of aromatic amines is 1. The number of primary amides is 1. The number of nitrogens with zero attached hydrogens (tertiary/aromatic N) is 2. The predicted octanol–water partition coefficient (Wildman–Crippen LogP) is -6.07. The monoisotopic (exact) mass is 638 g/mol. The number of aliphatic carboxylic acids is 1. The Bertz CT molecular complexity index is 1260. The van der Waals surface area contributed by atoms with Crippen molar-refractivity contribution in [2.24, 2.45) is 11.5 Å². The largest absolute Gasteiger partial charge is 0.480 e. The predicted molar refractivity (Wildman–Crippen MR) is 151 cm³/mol. The maximum absolute atomic E-state index is 12.9. The molecule has 2 heterocycles. The number of carbonyl (C=O) groups is 8. The number of amides is 7. The van der Waals surface area contributed by atoms with Crippen molar-refractivity contribution >= 4 is 47.3 Å². The van der Waals surface area contributed by atoms with Gasteiger partial charge >= 0.3 is 5.97 Å². The number of nitrogens with one attached hydrogen (secondary N) is 6. The first kappa shape index (κ1) is 36.1. The van der Waals surface area contributed by atoms with Gasteiger partial charge in [0.05, 0.1) is 38.5 Å². The minimum atomic E-state index is -1.55. The molecule has 248 valence electrons. The van der Waals surface area contributed by atoms with Gasteiger partial charge in [0.2, 0.25) is 41.4 Å². The summed E-state index contributed by atoms with van der Waals surface area (Å²) in [4.78, 5) is 105. The number of carbonyl (C=O) groups excluding carboxylic acids is 7. The molecule has 1 aromatic heterocycles. The van der Waals surface area contributed by atoms with Crippen LogP contribution in [0.15, 0.2) is 12.5 Å². The molecule has 0 radical (unpaired) electrons. The Kier molecular flexibility index (Phi) is 13.8. The zero-order valence-corrected chi connectivity index (χ0v) is 24.4. The minimum Gasteiger partial charge on any atom is -0.480 e. The Balaban J connectivity index is 1.82. The molecule has 0 unspecified atom stereocenters. The molecular formula is C25H38N10O10. The van der Waals surface area contributed by atoms with E-state index in [9.17, 15) is 48.6 Å². The molecule has 5 atom stereocenters. The molecule has 12 N–H and O–H groups in total. The van der Waals surface area contributed by atoms with Crippen LogP contribution in [0.5, 0.6) is 0 Å². The van der Waals surface area contributed by atoms with Crippen LogP contribution in [0.4, 0.5) is 0 Å². The highest BCUT2D eigenvalue weighted by Crippen LogP contribution is 2.19. The molecule has 0 bridgehead atoms. The Labute approximate surface area is 256 Å². The zero-order valence-electron chi connectivity index (χ0n) is 24.4. The van der Waals surface area contributed by atoms with Crippen LogP contribution in [0.2, 0.25) is 0 Å². The van der Waals surface area contributed by atoms with Crippen LogP contribution in [0.1, 0.15) is 31.9 Å². The van der Waals surface area contributed by atoms with Gasteiger partial charge in [0, 0.05) is 24.9 Å². The van der Waals surface area contributed by atoms with Crippen LogP contribution >= 0.6 is 0 Å². The third-order valence-corrected chi connectivity index (χ3v) is 6.63. The molecule has 1 saturated heterocycles. The number of hydrogen-bond donors (Lipinski definition) is 10. The lowest BCUT2D eigenvalue weighted by atomic mass is 10.1. The number of aliphatic hydroxyl groups excluding tert-OH is 1. The van der Waals surface area contributed by atoms with E-state index in [0.717, 1.165) is 4.90 Å². The second-order valence-electron chi connectivity index (χ2n) is 10.2. The van der Waals surface area contributed by atoms with Gasteiger partial charge in [-0.05, 0) is 19.8 Å². The average Bonchev–Trinajstić information content (AvgIpc) is 3.69. The SMILES string of the molecule is C[C@H](NC(=O)[C@H](CO)NC(=O)CNC(=O)CNC(=O)[C@@H](N)Cc1cnc[nH]1)C(=O)N[C@@H](CC(N)=O)C(=O)N1CCC[C@H]1C(=O)O. The van der Waals surface area contributed by atoms with Crippen LogP contribution < -0.4 is 38.1 Å². The highest BCUT2D eigenvalue weighted by Gasteiger charge is 2.38. The molecule has 7 amide bonds. The van der Waals surface area contributed by atoms with E-state index in [4.69, 9.17) is 11.5 Å². The van der Waals surface area contributed by atoms with Crippen LogP contribution in [0.3, 0.4) is 0 Å². The number of rotatable bonds is 17. The van der Waals surface area contributed by atoms with Gasteiger partial charge in [-0.25, -0.2) is 9.78 Å².